The van der Waals surface area contributed by atoms with Gasteiger partial charge in [-0.1, -0.05) is 86.0 Å². The van der Waals surface area contributed by atoms with Gasteiger partial charge in [-0.15, -0.1) is 0 Å². The molecule has 1 saturated carbocycles. The van der Waals surface area contributed by atoms with Crippen LogP contribution in [0.5, 0.6) is 0 Å². The molecule has 212 valence electrons. The van der Waals surface area contributed by atoms with Crippen molar-refractivity contribution in [1.82, 2.24) is 10.2 Å². The summed E-state index contributed by atoms with van der Waals surface area (Å²) in [7, 11) is -4.07. The smallest absolute Gasteiger partial charge is 0.264 e. The van der Waals surface area contributed by atoms with Crippen molar-refractivity contribution in [3.05, 3.63) is 95.6 Å². The lowest BCUT2D eigenvalue weighted by atomic mass is 10.1. The number of hydrogen-bond acceptors (Lipinski definition) is 4. The molecule has 1 N–H and O–H groups in total. The zero-order valence-corrected chi connectivity index (χ0v) is 24.4. The van der Waals surface area contributed by atoms with Gasteiger partial charge in [0.05, 0.1) is 10.6 Å². The second-order valence-corrected chi connectivity index (χ2v) is 12.4. The van der Waals surface area contributed by atoms with E-state index in [2.05, 4.69) is 5.32 Å². The number of hydrogen-bond donors (Lipinski definition) is 1. The number of nitrogens with one attached hydrogen (secondary N) is 1. The van der Waals surface area contributed by atoms with Gasteiger partial charge in [0, 0.05) is 12.6 Å². The van der Waals surface area contributed by atoms with Crippen LogP contribution >= 0.6 is 0 Å². The molecule has 1 aliphatic rings. The van der Waals surface area contributed by atoms with Crippen molar-refractivity contribution in [2.24, 2.45) is 0 Å². The molecule has 0 aromatic heterocycles. The molecule has 0 spiro atoms. The van der Waals surface area contributed by atoms with Crippen molar-refractivity contribution in [2.75, 3.05) is 10.8 Å². The minimum Gasteiger partial charge on any atom is -0.352 e. The molecule has 1 atom stereocenters. The van der Waals surface area contributed by atoms with Crippen molar-refractivity contribution in [2.45, 2.75) is 76.4 Å². The van der Waals surface area contributed by atoms with Crippen LogP contribution in [0.3, 0.4) is 0 Å². The summed E-state index contributed by atoms with van der Waals surface area (Å²) in [5.74, 6) is -0.624. The van der Waals surface area contributed by atoms with Gasteiger partial charge >= 0.3 is 0 Å². The molecular formula is C32H39N3O4S. The number of anilines is 1. The van der Waals surface area contributed by atoms with E-state index in [4.69, 9.17) is 0 Å². The van der Waals surface area contributed by atoms with Crippen molar-refractivity contribution < 1.29 is 18.0 Å². The predicted molar refractivity (Wildman–Crippen MR) is 158 cm³/mol. The molecule has 0 bridgehead atoms. The van der Waals surface area contributed by atoms with E-state index in [0.717, 1.165) is 42.4 Å². The quantitative estimate of drug-likeness (QED) is 0.341. The Hall–Kier alpha value is -3.65. The van der Waals surface area contributed by atoms with Crippen LogP contribution in [0.25, 0.3) is 0 Å². The van der Waals surface area contributed by atoms with Crippen LogP contribution in [0.4, 0.5) is 5.69 Å². The van der Waals surface area contributed by atoms with E-state index in [9.17, 15) is 18.0 Å². The van der Waals surface area contributed by atoms with E-state index < -0.39 is 28.5 Å². The Morgan fingerprint density at radius 1 is 0.925 bits per heavy atom. The predicted octanol–water partition coefficient (Wildman–Crippen LogP) is 5.36. The van der Waals surface area contributed by atoms with Gasteiger partial charge in [-0.05, 0) is 62.4 Å². The lowest BCUT2D eigenvalue weighted by Crippen LogP contribution is -2.53. The summed E-state index contributed by atoms with van der Waals surface area (Å²) in [6.07, 6.45) is 4.44. The normalized spacial score (nSPS) is 14.5. The number of benzene rings is 3. The van der Waals surface area contributed by atoms with Gasteiger partial charge in [0.1, 0.15) is 12.6 Å². The summed E-state index contributed by atoms with van der Waals surface area (Å²) in [4.78, 5) is 29.4. The molecule has 4 rings (SSSR count). The standard InChI is InChI=1S/C32H39N3O4S/c1-4-29(32(37)33-27-16-9-10-17-27)34(22-26-15-12-13-24(2)21-26)31(36)23-35(30-20-11-8-14-25(30)3)40(38,39)28-18-6-5-7-19-28/h5-8,11-15,18-21,27,29H,4,9-10,16-17,22-23H2,1-3H3,(H,33,37). The first-order chi connectivity index (χ1) is 19.2. The molecule has 1 fully saturated rings. The first-order valence-corrected chi connectivity index (χ1v) is 15.4. The second-order valence-electron chi connectivity index (χ2n) is 10.5. The number of carbonyl (C=O) groups excluding carboxylic acids is 2. The lowest BCUT2D eigenvalue weighted by molar-refractivity contribution is -0.140. The minimum atomic E-state index is -4.07. The zero-order valence-electron chi connectivity index (χ0n) is 23.5. The number of rotatable bonds is 11. The second kappa shape index (κ2) is 13.1. The monoisotopic (exact) mass is 561 g/mol. The van der Waals surface area contributed by atoms with Crippen molar-refractivity contribution >= 4 is 27.5 Å². The average Bonchev–Trinajstić information content (AvgIpc) is 3.45. The summed E-state index contributed by atoms with van der Waals surface area (Å²) in [6.45, 7) is 5.45. The summed E-state index contributed by atoms with van der Waals surface area (Å²) in [5, 5.41) is 3.15. The summed E-state index contributed by atoms with van der Waals surface area (Å²) in [6, 6.07) is 22.4. The molecule has 0 radical (unpaired) electrons. The topological polar surface area (TPSA) is 86.8 Å². The molecule has 1 aliphatic carbocycles. The zero-order chi connectivity index (χ0) is 28.7. The van der Waals surface area contributed by atoms with Gasteiger partial charge in [-0.3, -0.25) is 13.9 Å². The third-order valence-corrected chi connectivity index (χ3v) is 9.29. The number of sulfonamides is 1. The fourth-order valence-corrected chi connectivity index (χ4v) is 6.87. The van der Waals surface area contributed by atoms with Crippen LogP contribution in [-0.2, 0) is 26.2 Å². The van der Waals surface area contributed by atoms with Crippen molar-refractivity contribution in [1.29, 1.82) is 0 Å². The van der Waals surface area contributed by atoms with Gasteiger partial charge < -0.3 is 10.2 Å². The lowest BCUT2D eigenvalue weighted by Gasteiger charge is -2.34. The van der Waals surface area contributed by atoms with Gasteiger partial charge in [-0.25, -0.2) is 8.42 Å². The number of aryl methyl sites for hydroxylation is 2. The molecule has 40 heavy (non-hydrogen) atoms. The third-order valence-electron chi connectivity index (χ3n) is 7.52. The van der Waals surface area contributed by atoms with Gasteiger partial charge in [0.2, 0.25) is 11.8 Å². The van der Waals surface area contributed by atoms with Crippen molar-refractivity contribution in [3.63, 3.8) is 0 Å². The number of nitrogens with zero attached hydrogens (tertiary/aromatic N) is 2. The number of para-hydroxylation sites is 1. The Kier molecular flexibility index (Phi) is 9.63. The third kappa shape index (κ3) is 6.91. The first-order valence-electron chi connectivity index (χ1n) is 14.0. The maximum Gasteiger partial charge on any atom is 0.264 e. The molecule has 7 nitrogen and oxygen atoms in total. The Bertz CT molecular complexity index is 1420. The van der Waals surface area contributed by atoms with Crippen LogP contribution in [0.2, 0.25) is 0 Å². The highest BCUT2D eigenvalue weighted by Crippen LogP contribution is 2.27. The average molecular weight is 562 g/mol. The van der Waals surface area contributed by atoms with E-state index in [-0.39, 0.29) is 23.4 Å². The van der Waals surface area contributed by atoms with Crippen molar-refractivity contribution in [3.8, 4) is 0 Å². The Balaban J connectivity index is 1.72. The molecule has 8 heteroatoms. The van der Waals surface area contributed by atoms with E-state index in [1.165, 1.54) is 16.4 Å². The molecule has 3 aromatic rings. The molecule has 0 aliphatic heterocycles. The Labute approximate surface area is 238 Å². The molecule has 1 unspecified atom stereocenters. The summed E-state index contributed by atoms with van der Waals surface area (Å²) in [5.41, 5.74) is 3.08. The molecule has 2 amide bonds. The maximum absolute atomic E-state index is 14.2. The minimum absolute atomic E-state index is 0.0994. The maximum atomic E-state index is 14.2. The van der Waals surface area contributed by atoms with Crippen LogP contribution in [0.1, 0.15) is 55.7 Å². The summed E-state index contributed by atoms with van der Waals surface area (Å²) >= 11 is 0. The fraction of sp³-hybridized carbons (Fsp3) is 0.375. The van der Waals surface area contributed by atoms with Gasteiger partial charge in [0.25, 0.3) is 10.0 Å². The SMILES string of the molecule is CCC(C(=O)NC1CCCC1)N(Cc1cccc(C)c1)C(=O)CN(c1ccccc1C)S(=O)(=O)c1ccccc1. The molecular weight excluding hydrogens is 522 g/mol. The highest BCUT2D eigenvalue weighted by Gasteiger charge is 2.34. The largest absolute Gasteiger partial charge is 0.352 e. The van der Waals surface area contributed by atoms with E-state index >= 15 is 0 Å². The van der Waals surface area contributed by atoms with Crippen LogP contribution in [-0.4, -0.2) is 43.8 Å². The Morgan fingerprint density at radius 3 is 2.25 bits per heavy atom. The van der Waals surface area contributed by atoms with E-state index in [1.54, 1.807) is 35.2 Å². The molecule has 0 heterocycles. The molecule has 3 aromatic carbocycles. The summed E-state index contributed by atoms with van der Waals surface area (Å²) < 4.78 is 29.0. The van der Waals surface area contributed by atoms with Crippen LogP contribution in [0, 0.1) is 13.8 Å². The fourth-order valence-electron chi connectivity index (χ4n) is 5.37. The van der Waals surface area contributed by atoms with E-state index in [0.29, 0.717) is 12.1 Å². The highest BCUT2D eigenvalue weighted by molar-refractivity contribution is 7.92. The number of amides is 2. The van der Waals surface area contributed by atoms with Gasteiger partial charge in [0.15, 0.2) is 0 Å². The number of carbonyl (C=O) groups is 2. The Morgan fingerprint density at radius 2 is 1.60 bits per heavy atom. The first kappa shape index (κ1) is 29.3. The molecule has 0 saturated heterocycles. The van der Waals surface area contributed by atoms with Gasteiger partial charge in [-0.2, -0.15) is 0 Å². The van der Waals surface area contributed by atoms with E-state index in [1.807, 2.05) is 57.2 Å². The highest BCUT2D eigenvalue weighted by atomic mass is 32.2. The van der Waals surface area contributed by atoms with Crippen LogP contribution in [0.15, 0.2) is 83.8 Å². The van der Waals surface area contributed by atoms with Crippen LogP contribution < -0.4 is 9.62 Å².